The zero-order valence-corrected chi connectivity index (χ0v) is 7.13. The molecule has 0 amide bonds. The summed E-state index contributed by atoms with van der Waals surface area (Å²) < 4.78 is 24.3. The molecule has 1 unspecified atom stereocenters. The predicted octanol–water partition coefficient (Wildman–Crippen LogP) is -0.343. The maximum atomic E-state index is 9.96. The molecule has 5 heteroatoms. The van der Waals surface area contributed by atoms with E-state index in [1.54, 1.807) is 0 Å². The van der Waals surface area contributed by atoms with Gasteiger partial charge in [0, 0.05) is 6.04 Å². The largest absolute Gasteiger partial charge is 0.326 e. The van der Waals surface area contributed by atoms with Gasteiger partial charge in [-0.25, -0.2) is 8.42 Å². The van der Waals surface area contributed by atoms with Crippen LogP contribution in [0, 0.1) is 5.92 Å². The lowest BCUT2D eigenvalue weighted by molar-refractivity contribution is 0.293. The SMILES string of the molecule is NC(CO[SH](=O)=O)CC1CC1. The first-order valence-electron chi connectivity index (χ1n) is 3.71. The minimum Gasteiger partial charge on any atom is -0.326 e. The molecule has 0 aromatic rings. The zero-order valence-electron chi connectivity index (χ0n) is 6.23. The second-order valence-electron chi connectivity index (χ2n) is 2.96. The quantitative estimate of drug-likeness (QED) is 0.566. The maximum absolute atomic E-state index is 9.96. The first-order valence-corrected chi connectivity index (χ1v) is 4.81. The Bertz CT molecular complexity index is 180. The van der Waals surface area contributed by atoms with Crippen LogP contribution in [0.3, 0.4) is 0 Å². The highest BCUT2D eigenvalue weighted by Crippen LogP contribution is 2.32. The standard InChI is InChI=1S/C6H13NO3S/c7-6(3-5-1-2-5)4-10-11(8)9/h5-6,11H,1-4,7H2. The van der Waals surface area contributed by atoms with Gasteiger partial charge in [0.2, 0.25) is 0 Å². The summed E-state index contributed by atoms with van der Waals surface area (Å²) in [4.78, 5) is 0. The third-order valence-corrected chi connectivity index (χ3v) is 2.09. The Morgan fingerprint density at radius 1 is 1.55 bits per heavy atom. The van der Waals surface area contributed by atoms with Crippen LogP contribution < -0.4 is 5.73 Å². The highest BCUT2D eigenvalue weighted by Gasteiger charge is 2.23. The molecule has 1 aliphatic rings. The van der Waals surface area contributed by atoms with E-state index in [0.29, 0.717) is 0 Å². The minimum absolute atomic E-state index is 0.115. The Labute approximate surface area is 67.9 Å². The lowest BCUT2D eigenvalue weighted by Crippen LogP contribution is -2.26. The summed E-state index contributed by atoms with van der Waals surface area (Å²) in [6.07, 6.45) is 3.36. The fourth-order valence-electron chi connectivity index (χ4n) is 1.01. The zero-order chi connectivity index (χ0) is 8.27. The van der Waals surface area contributed by atoms with Gasteiger partial charge < -0.3 is 5.73 Å². The molecule has 0 heterocycles. The fraction of sp³-hybridized carbons (Fsp3) is 1.00. The van der Waals surface area contributed by atoms with Gasteiger partial charge in [0.25, 0.3) is 11.0 Å². The summed E-state index contributed by atoms with van der Waals surface area (Å²) in [5.41, 5.74) is 5.57. The van der Waals surface area contributed by atoms with Crippen molar-refractivity contribution in [1.82, 2.24) is 0 Å². The van der Waals surface area contributed by atoms with Gasteiger partial charge in [-0.2, -0.15) is 0 Å². The third kappa shape index (κ3) is 4.34. The van der Waals surface area contributed by atoms with Crippen molar-refractivity contribution in [2.75, 3.05) is 6.61 Å². The van der Waals surface area contributed by atoms with E-state index in [2.05, 4.69) is 4.18 Å². The molecule has 66 valence electrons. The predicted molar refractivity (Wildman–Crippen MR) is 41.6 cm³/mol. The normalized spacial score (nSPS) is 20.5. The molecule has 1 aliphatic carbocycles. The lowest BCUT2D eigenvalue weighted by Gasteiger charge is -2.06. The average molecular weight is 179 g/mol. The summed E-state index contributed by atoms with van der Waals surface area (Å²) in [6.45, 7) is 0.134. The van der Waals surface area contributed by atoms with Crippen molar-refractivity contribution in [3.8, 4) is 0 Å². The monoisotopic (exact) mass is 179 g/mol. The molecule has 1 fully saturated rings. The molecule has 0 aromatic carbocycles. The third-order valence-electron chi connectivity index (χ3n) is 1.73. The molecular formula is C6H13NO3S. The molecule has 2 N–H and O–H groups in total. The molecule has 0 aliphatic heterocycles. The van der Waals surface area contributed by atoms with Gasteiger partial charge in [-0.15, -0.1) is 0 Å². The molecule has 0 saturated heterocycles. The van der Waals surface area contributed by atoms with E-state index in [4.69, 9.17) is 5.73 Å². The first-order chi connectivity index (χ1) is 5.18. The molecule has 11 heavy (non-hydrogen) atoms. The smallest absolute Gasteiger partial charge is 0.257 e. The van der Waals surface area contributed by atoms with Gasteiger partial charge in [-0.3, -0.25) is 4.18 Å². The average Bonchev–Trinajstić information content (AvgIpc) is 2.67. The van der Waals surface area contributed by atoms with Crippen LogP contribution in [0.1, 0.15) is 19.3 Å². The molecular weight excluding hydrogens is 166 g/mol. The number of nitrogens with two attached hydrogens (primary N) is 1. The molecule has 0 aromatic heterocycles. The van der Waals surface area contributed by atoms with E-state index in [9.17, 15) is 8.42 Å². The highest BCUT2D eigenvalue weighted by molar-refractivity contribution is 7.67. The molecule has 1 saturated carbocycles. The Morgan fingerprint density at radius 2 is 2.18 bits per heavy atom. The summed E-state index contributed by atoms with van der Waals surface area (Å²) >= 11 is 0. The van der Waals surface area contributed by atoms with Crippen LogP contribution in [-0.4, -0.2) is 21.1 Å². The Hall–Kier alpha value is -0.130. The van der Waals surface area contributed by atoms with Crippen LogP contribution in [0.15, 0.2) is 0 Å². The molecule has 0 spiro atoms. The second-order valence-corrected chi connectivity index (χ2v) is 3.66. The Morgan fingerprint density at radius 3 is 2.64 bits per heavy atom. The van der Waals surface area contributed by atoms with E-state index in [1.807, 2.05) is 0 Å². The molecule has 4 nitrogen and oxygen atoms in total. The van der Waals surface area contributed by atoms with E-state index in [0.717, 1.165) is 12.3 Å². The summed E-state index contributed by atoms with van der Waals surface area (Å²) in [6, 6.07) is -0.115. The van der Waals surface area contributed by atoms with Crippen LogP contribution in [-0.2, 0) is 15.2 Å². The van der Waals surface area contributed by atoms with Crippen LogP contribution >= 0.6 is 0 Å². The van der Waals surface area contributed by atoms with Gasteiger partial charge in [-0.05, 0) is 12.3 Å². The molecule has 0 radical (unpaired) electrons. The Balaban J connectivity index is 2.04. The number of rotatable bonds is 5. The van der Waals surface area contributed by atoms with Gasteiger partial charge in [-0.1, -0.05) is 12.8 Å². The van der Waals surface area contributed by atoms with Crippen molar-refractivity contribution in [3.05, 3.63) is 0 Å². The van der Waals surface area contributed by atoms with E-state index < -0.39 is 11.0 Å². The van der Waals surface area contributed by atoms with Crippen LogP contribution in [0.4, 0.5) is 0 Å². The van der Waals surface area contributed by atoms with E-state index >= 15 is 0 Å². The van der Waals surface area contributed by atoms with Crippen LogP contribution in [0.5, 0.6) is 0 Å². The van der Waals surface area contributed by atoms with E-state index in [-0.39, 0.29) is 12.6 Å². The van der Waals surface area contributed by atoms with Crippen molar-refractivity contribution < 1.29 is 12.6 Å². The van der Waals surface area contributed by atoms with Crippen LogP contribution in [0.25, 0.3) is 0 Å². The van der Waals surface area contributed by atoms with Gasteiger partial charge in [0.1, 0.15) is 0 Å². The van der Waals surface area contributed by atoms with Crippen molar-refractivity contribution in [1.29, 1.82) is 0 Å². The van der Waals surface area contributed by atoms with Gasteiger partial charge in [0.05, 0.1) is 6.61 Å². The summed E-state index contributed by atoms with van der Waals surface area (Å²) in [5.74, 6) is 0.720. The molecule has 1 rings (SSSR count). The number of thiol groups is 1. The number of hydrogen-bond acceptors (Lipinski definition) is 4. The van der Waals surface area contributed by atoms with Crippen molar-refractivity contribution >= 4 is 11.0 Å². The van der Waals surface area contributed by atoms with Crippen molar-refractivity contribution in [3.63, 3.8) is 0 Å². The second kappa shape index (κ2) is 4.04. The summed E-state index contributed by atoms with van der Waals surface area (Å²) in [5, 5.41) is 0. The minimum atomic E-state index is -2.72. The van der Waals surface area contributed by atoms with Gasteiger partial charge >= 0.3 is 0 Å². The highest BCUT2D eigenvalue weighted by atomic mass is 32.2. The number of hydrogen-bond donors (Lipinski definition) is 2. The summed E-state index contributed by atoms with van der Waals surface area (Å²) in [7, 11) is -2.72. The van der Waals surface area contributed by atoms with Crippen LogP contribution in [0.2, 0.25) is 0 Å². The molecule has 1 atom stereocenters. The van der Waals surface area contributed by atoms with E-state index in [1.165, 1.54) is 12.8 Å². The Kier molecular flexibility index (Phi) is 3.29. The van der Waals surface area contributed by atoms with Gasteiger partial charge in [0.15, 0.2) is 0 Å². The van der Waals surface area contributed by atoms with Crippen molar-refractivity contribution in [2.45, 2.75) is 25.3 Å². The fourth-order valence-corrected chi connectivity index (χ4v) is 1.32. The maximum Gasteiger partial charge on any atom is 0.257 e. The topological polar surface area (TPSA) is 69.4 Å². The van der Waals surface area contributed by atoms with Crippen molar-refractivity contribution in [2.24, 2.45) is 11.7 Å². The first kappa shape index (κ1) is 8.96. The molecule has 0 bridgehead atoms. The lowest BCUT2D eigenvalue weighted by atomic mass is 10.2.